The first-order chi connectivity index (χ1) is 8.65. The van der Waals surface area contributed by atoms with E-state index in [4.69, 9.17) is 10.2 Å². The van der Waals surface area contributed by atoms with Crippen LogP contribution in [0, 0.1) is 5.92 Å². The van der Waals surface area contributed by atoms with E-state index in [9.17, 15) is 10.0 Å². The summed E-state index contributed by atoms with van der Waals surface area (Å²) in [4.78, 5) is 10.7. The van der Waals surface area contributed by atoms with Crippen LogP contribution in [0.15, 0.2) is 34.7 Å². The average molecular weight is 246 g/mol. The molecule has 18 heavy (non-hydrogen) atoms. The first-order valence-corrected chi connectivity index (χ1v) is 5.89. The van der Waals surface area contributed by atoms with Gasteiger partial charge in [0.05, 0.1) is 6.54 Å². The molecule has 1 fully saturated rings. The van der Waals surface area contributed by atoms with E-state index in [0.717, 1.165) is 23.2 Å². The molecule has 1 aliphatic carbocycles. The van der Waals surface area contributed by atoms with Gasteiger partial charge in [0.1, 0.15) is 11.3 Å². The van der Waals surface area contributed by atoms with E-state index in [2.05, 4.69) is 0 Å². The molecular weight excluding hydrogens is 232 g/mol. The molecule has 0 spiro atoms. The summed E-state index contributed by atoms with van der Waals surface area (Å²) in [7, 11) is 0. The Hall–Kier alpha value is -2.01. The van der Waals surface area contributed by atoms with Crippen molar-refractivity contribution < 1.29 is 14.4 Å². The Morgan fingerprint density at radius 3 is 3.00 bits per heavy atom. The molecule has 2 amide bonds. The number of para-hydroxylation sites is 1. The summed E-state index contributed by atoms with van der Waals surface area (Å²) in [5.74, 6) is 1.41. The Kier molecular flexibility index (Phi) is 2.48. The summed E-state index contributed by atoms with van der Waals surface area (Å²) < 4.78 is 5.75. The van der Waals surface area contributed by atoms with Gasteiger partial charge in [-0.25, -0.2) is 9.86 Å². The van der Waals surface area contributed by atoms with Gasteiger partial charge in [-0.1, -0.05) is 18.2 Å². The number of carbonyl (C=O) groups is 1. The highest BCUT2D eigenvalue weighted by Gasteiger charge is 2.42. The lowest BCUT2D eigenvalue weighted by molar-refractivity contribution is -0.0432. The van der Waals surface area contributed by atoms with Crippen molar-refractivity contribution >= 4 is 17.0 Å². The normalized spacial score (nSPS) is 22.1. The number of nitrogens with zero attached hydrogens (tertiary/aromatic N) is 1. The van der Waals surface area contributed by atoms with Crippen LogP contribution in [0.1, 0.15) is 18.1 Å². The van der Waals surface area contributed by atoms with Crippen molar-refractivity contribution in [2.45, 2.75) is 12.3 Å². The summed E-state index contributed by atoms with van der Waals surface area (Å²) >= 11 is 0. The molecule has 0 aliphatic heterocycles. The van der Waals surface area contributed by atoms with Crippen molar-refractivity contribution in [2.75, 3.05) is 6.54 Å². The minimum absolute atomic E-state index is 0.225. The second-order valence-corrected chi connectivity index (χ2v) is 4.71. The number of urea groups is 1. The lowest BCUT2D eigenvalue weighted by Crippen LogP contribution is -2.34. The lowest BCUT2D eigenvalue weighted by atomic mass is 10.2. The number of furan rings is 1. The van der Waals surface area contributed by atoms with Crippen LogP contribution in [0.2, 0.25) is 0 Å². The first kappa shape index (κ1) is 11.1. The molecule has 94 valence electrons. The van der Waals surface area contributed by atoms with Gasteiger partial charge in [-0.05, 0) is 24.5 Å². The highest BCUT2D eigenvalue weighted by Crippen LogP contribution is 2.48. The van der Waals surface area contributed by atoms with E-state index >= 15 is 0 Å². The largest absolute Gasteiger partial charge is 0.461 e. The van der Waals surface area contributed by atoms with Crippen molar-refractivity contribution in [3.63, 3.8) is 0 Å². The van der Waals surface area contributed by atoms with Crippen LogP contribution >= 0.6 is 0 Å². The smallest absolute Gasteiger partial charge is 0.338 e. The van der Waals surface area contributed by atoms with E-state index in [-0.39, 0.29) is 18.4 Å². The van der Waals surface area contributed by atoms with Gasteiger partial charge < -0.3 is 10.2 Å². The van der Waals surface area contributed by atoms with Crippen molar-refractivity contribution in [3.8, 4) is 0 Å². The van der Waals surface area contributed by atoms with Gasteiger partial charge in [-0.15, -0.1) is 0 Å². The van der Waals surface area contributed by atoms with Crippen LogP contribution in [0.5, 0.6) is 0 Å². The van der Waals surface area contributed by atoms with Crippen molar-refractivity contribution in [3.05, 3.63) is 36.1 Å². The predicted octanol–water partition coefficient (Wildman–Crippen LogP) is 2.31. The molecule has 3 N–H and O–H groups in total. The topological polar surface area (TPSA) is 79.7 Å². The van der Waals surface area contributed by atoms with Crippen LogP contribution in [-0.2, 0) is 0 Å². The quantitative estimate of drug-likeness (QED) is 0.644. The Bertz CT molecular complexity index is 560. The van der Waals surface area contributed by atoms with Crippen molar-refractivity contribution in [2.24, 2.45) is 11.7 Å². The number of carbonyl (C=O) groups excluding carboxylic acids is 1. The van der Waals surface area contributed by atoms with Crippen LogP contribution < -0.4 is 5.73 Å². The minimum Gasteiger partial charge on any atom is -0.461 e. The number of rotatable bonds is 3. The predicted molar refractivity (Wildman–Crippen MR) is 65.1 cm³/mol. The van der Waals surface area contributed by atoms with Crippen LogP contribution in [0.3, 0.4) is 0 Å². The summed E-state index contributed by atoms with van der Waals surface area (Å²) in [6, 6.07) is 9.04. The molecule has 1 aromatic carbocycles. The summed E-state index contributed by atoms with van der Waals surface area (Å²) in [5.41, 5.74) is 5.84. The van der Waals surface area contributed by atoms with Crippen molar-refractivity contribution in [1.82, 2.24) is 5.06 Å². The fourth-order valence-electron chi connectivity index (χ4n) is 2.30. The standard InChI is InChI=1S/C13H14N2O3/c14-13(16)15(17)7-9-5-10(9)12-6-8-3-1-2-4-11(8)18-12/h1-4,6,9-10,17H,5,7H2,(H2,14,16). The second-order valence-electron chi connectivity index (χ2n) is 4.71. The number of benzene rings is 1. The average Bonchev–Trinajstić information content (AvgIpc) is 2.98. The fraction of sp³-hybridized carbons (Fsp3) is 0.308. The Balaban J connectivity index is 1.72. The maximum atomic E-state index is 10.7. The maximum Gasteiger partial charge on any atom is 0.338 e. The van der Waals surface area contributed by atoms with Gasteiger partial charge in [0.25, 0.3) is 0 Å². The fourth-order valence-corrected chi connectivity index (χ4v) is 2.30. The van der Waals surface area contributed by atoms with E-state index in [0.29, 0.717) is 5.06 Å². The second kappa shape index (κ2) is 4.03. The molecule has 3 rings (SSSR count). The van der Waals surface area contributed by atoms with Gasteiger partial charge in [0, 0.05) is 11.3 Å². The third-order valence-electron chi connectivity index (χ3n) is 3.39. The molecule has 2 unspecified atom stereocenters. The van der Waals surface area contributed by atoms with E-state index in [1.54, 1.807) is 0 Å². The Morgan fingerprint density at radius 2 is 2.28 bits per heavy atom. The van der Waals surface area contributed by atoms with E-state index in [1.807, 2.05) is 30.3 Å². The highest BCUT2D eigenvalue weighted by atomic mass is 16.5. The van der Waals surface area contributed by atoms with Crippen molar-refractivity contribution in [1.29, 1.82) is 0 Å². The molecule has 0 radical (unpaired) electrons. The summed E-state index contributed by atoms with van der Waals surface area (Å²) in [6.45, 7) is 0.261. The Morgan fingerprint density at radius 1 is 1.50 bits per heavy atom. The zero-order valence-electron chi connectivity index (χ0n) is 9.74. The number of nitrogens with two attached hydrogens (primary N) is 1. The van der Waals surface area contributed by atoms with Gasteiger partial charge in [-0.2, -0.15) is 0 Å². The molecule has 5 nitrogen and oxygen atoms in total. The molecule has 1 saturated carbocycles. The summed E-state index contributed by atoms with van der Waals surface area (Å²) in [6.07, 6.45) is 0.907. The number of hydrogen-bond donors (Lipinski definition) is 2. The zero-order chi connectivity index (χ0) is 12.7. The molecule has 1 aliphatic rings. The SMILES string of the molecule is NC(=O)N(O)CC1CC1c1cc2ccccc2o1. The maximum absolute atomic E-state index is 10.7. The molecule has 1 heterocycles. The van der Waals surface area contributed by atoms with Gasteiger partial charge in [0.15, 0.2) is 0 Å². The first-order valence-electron chi connectivity index (χ1n) is 5.89. The Labute approximate surface area is 104 Å². The van der Waals surface area contributed by atoms with Gasteiger partial charge in [0.2, 0.25) is 0 Å². The van der Waals surface area contributed by atoms with Crippen LogP contribution in [0.4, 0.5) is 4.79 Å². The highest BCUT2D eigenvalue weighted by molar-refractivity contribution is 5.78. The number of primary amides is 1. The van der Waals surface area contributed by atoms with Gasteiger partial charge in [-0.3, -0.25) is 5.21 Å². The number of amides is 2. The van der Waals surface area contributed by atoms with E-state index in [1.165, 1.54) is 0 Å². The molecule has 2 atom stereocenters. The zero-order valence-corrected chi connectivity index (χ0v) is 9.74. The number of fused-ring (bicyclic) bond motifs is 1. The summed E-state index contributed by atoms with van der Waals surface area (Å²) in [5, 5.41) is 10.9. The van der Waals surface area contributed by atoms with Crippen LogP contribution in [-0.4, -0.2) is 22.8 Å². The molecule has 1 aromatic heterocycles. The molecule has 0 bridgehead atoms. The molecule has 2 aromatic rings. The third-order valence-corrected chi connectivity index (χ3v) is 3.39. The number of hydrogen-bond acceptors (Lipinski definition) is 3. The lowest BCUT2D eigenvalue weighted by Gasteiger charge is -2.10. The minimum atomic E-state index is -0.815. The molecular formula is C13H14N2O3. The van der Waals surface area contributed by atoms with E-state index < -0.39 is 6.03 Å². The molecule has 5 heteroatoms. The monoisotopic (exact) mass is 246 g/mol. The van der Waals surface area contributed by atoms with Crippen LogP contribution in [0.25, 0.3) is 11.0 Å². The number of hydroxylamine groups is 2. The third kappa shape index (κ3) is 1.93. The molecule has 0 saturated heterocycles. The van der Waals surface area contributed by atoms with Gasteiger partial charge >= 0.3 is 6.03 Å².